The summed E-state index contributed by atoms with van der Waals surface area (Å²) in [6, 6.07) is -1.74. The van der Waals surface area contributed by atoms with E-state index in [9.17, 15) is 14.4 Å². The molecule has 0 aromatic rings. The highest BCUT2D eigenvalue weighted by atomic mass is 16.4. The number of hydrogen-bond donors (Lipinski definition) is 3. The minimum absolute atomic E-state index is 0.0156. The topological polar surface area (TPSA) is 122 Å². The van der Waals surface area contributed by atoms with Gasteiger partial charge in [-0.2, -0.15) is 0 Å². The van der Waals surface area contributed by atoms with Gasteiger partial charge in [-0.05, 0) is 19.1 Å². The third-order valence-corrected chi connectivity index (χ3v) is 2.39. The second kappa shape index (κ2) is 7.54. The van der Waals surface area contributed by atoms with Crippen molar-refractivity contribution in [2.24, 2.45) is 16.6 Å². The van der Waals surface area contributed by atoms with Gasteiger partial charge < -0.3 is 16.2 Å². The maximum absolute atomic E-state index is 11.6. The summed E-state index contributed by atoms with van der Waals surface area (Å²) in [4.78, 5) is 36.7. The van der Waals surface area contributed by atoms with Crippen LogP contribution in [-0.4, -0.2) is 41.7 Å². The molecule has 0 aliphatic rings. The lowest BCUT2D eigenvalue weighted by atomic mass is 10.0. The van der Waals surface area contributed by atoms with Gasteiger partial charge in [0.25, 0.3) is 5.91 Å². The third kappa shape index (κ3) is 5.53. The maximum Gasteiger partial charge on any atom is 0.303 e. The smallest absolute Gasteiger partial charge is 0.303 e. The van der Waals surface area contributed by atoms with E-state index < -0.39 is 29.9 Å². The molecule has 2 atom stereocenters. The van der Waals surface area contributed by atoms with Crippen LogP contribution in [0.2, 0.25) is 0 Å². The lowest BCUT2D eigenvalue weighted by Crippen LogP contribution is -2.50. The number of carboxylic acids is 1. The molecule has 0 saturated heterocycles. The first-order chi connectivity index (χ1) is 8.29. The Kier molecular flexibility index (Phi) is 6.81. The molecule has 7 nitrogen and oxygen atoms in total. The highest BCUT2D eigenvalue weighted by Crippen LogP contribution is 2.05. The largest absolute Gasteiger partial charge is 0.481 e. The fraction of sp³-hybridized carbons (Fsp3) is 0.636. The van der Waals surface area contributed by atoms with E-state index in [4.69, 9.17) is 10.8 Å². The van der Waals surface area contributed by atoms with Crippen molar-refractivity contribution in [3.63, 3.8) is 0 Å². The van der Waals surface area contributed by atoms with E-state index in [1.54, 1.807) is 13.8 Å². The molecule has 0 spiro atoms. The Morgan fingerprint density at radius 3 is 2.33 bits per heavy atom. The van der Waals surface area contributed by atoms with E-state index in [1.165, 1.54) is 0 Å². The summed E-state index contributed by atoms with van der Waals surface area (Å²) in [5.41, 5.74) is 5.52. The number of nitrogens with two attached hydrogens (primary N) is 1. The molecule has 0 rings (SSSR count). The van der Waals surface area contributed by atoms with Gasteiger partial charge in [0, 0.05) is 6.42 Å². The van der Waals surface area contributed by atoms with Crippen LogP contribution >= 0.6 is 0 Å². The Balaban J connectivity index is 4.45. The van der Waals surface area contributed by atoms with Gasteiger partial charge >= 0.3 is 5.97 Å². The van der Waals surface area contributed by atoms with Crippen LogP contribution in [0.15, 0.2) is 4.99 Å². The van der Waals surface area contributed by atoms with Gasteiger partial charge in [-0.3, -0.25) is 14.4 Å². The zero-order chi connectivity index (χ0) is 14.3. The van der Waals surface area contributed by atoms with Crippen LogP contribution < -0.4 is 11.1 Å². The predicted octanol–water partition coefficient (Wildman–Crippen LogP) is -0.453. The lowest BCUT2D eigenvalue weighted by molar-refractivity contribution is -0.137. The molecule has 0 aromatic heterocycles. The van der Waals surface area contributed by atoms with Crippen LogP contribution in [0, 0.1) is 5.92 Å². The normalized spacial score (nSPS) is 13.8. The van der Waals surface area contributed by atoms with Gasteiger partial charge in [0.2, 0.25) is 5.91 Å². The van der Waals surface area contributed by atoms with Crippen LogP contribution in [0.4, 0.5) is 0 Å². The average molecular weight is 257 g/mol. The summed E-state index contributed by atoms with van der Waals surface area (Å²) in [6.07, 6.45) is -0.184. The van der Waals surface area contributed by atoms with Gasteiger partial charge in [-0.25, -0.2) is 4.99 Å². The van der Waals surface area contributed by atoms with E-state index in [0.717, 1.165) is 0 Å². The summed E-state index contributed by atoms with van der Waals surface area (Å²) in [7, 11) is 0. The van der Waals surface area contributed by atoms with Gasteiger partial charge in [0.05, 0.1) is 6.04 Å². The van der Waals surface area contributed by atoms with Crippen molar-refractivity contribution in [1.29, 1.82) is 0 Å². The molecule has 0 aliphatic heterocycles. The van der Waals surface area contributed by atoms with Crippen molar-refractivity contribution in [2.75, 3.05) is 0 Å². The zero-order valence-corrected chi connectivity index (χ0v) is 10.5. The molecule has 0 saturated carbocycles. The van der Waals surface area contributed by atoms with Gasteiger partial charge in [0.1, 0.15) is 6.04 Å². The Morgan fingerprint density at radius 1 is 1.39 bits per heavy atom. The molecule has 1 unspecified atom stereocenters. The summed E-state index contributed by atoms with van der Waals surface area (Å²) in [6.45, 7) is 6.61. The summed E-state index contributed by atoms with van der Waals surface area (Å²) >= 11 is 0. The lowest BCUT2D eigenvalue weighted by Gasteiger charge is -2.20. The van der Waals surface area contributed by atoms with E-state index in [0.29, 0.717) is 0 Å². The number of nitrogens with one attached hydrogen (secondary N) is 1. The molecule has 7 heteroatoms. The van der Waals surface area contributed by atoms with Crippen molar-refractivity contribution in [2.45, 2.75) is 38.8 Å². The molecular formula is C11H19N3O4. The van der Waals surface area contributed by atoms with Crippen LogP contribution in [0.5, 0.6) is 0 Å². The Morgan fingerprint density at radius 2 is 1.94 bits per heavy atom. The number of hydrogen-bond acceptors (Lipinski definition) is 4. The van der Waals surface area contributed by atoms with Crippen LogP contribution in [0.1, 0.15) is 26.7 Å². The third-order valence-electron chi connectivity index (χ3n) is 2.39. The Bertz CT molecular complexity index is 341. The summed E-state index contributed by atoms with van der Waals surface area (Å²) in [5.74, 6) is -2.28. The number of amides is 2. The first-order valence-electron chi connectivity index (χ1n) is 5.58. The Hall–Kier alpha value is -1.76. The van der Waals surface area contributed by atoms with Crippen molar-refractivity contribution < 1.29 is 19.5 Å². The predicted molar refractivity (Wildman–Crippen MR) is 66.2 cm³/mol. The highest BCUT2D eigenvalue weighted by Gasteiger charge is 2.25. The van der Waals surface area contributed by atoms with Gasteiger partial charge in [-0.15, -0.1) is 0 Å². The second-order valence-electron chi connectivity index (χ2n) is 4.27. The van der Waals surface area contributed by atoms with E-state index in [-0.39, 0.29) is 18.8 Å². The zero-order valence-electron chi connectivity index (χ0n) is 10.5. The first kappa shape index (κ1) is 16.2. The number of carboxylic acid groups (broad SMARTS) is 1. The molecule has 18 heavy (non-hydrogen) atoms. The Labute approximate surface area is 105 Å². The number of nitrogens with zero attached hydrogens (tertiary/aromatic N) is 1. The SMILES string of the molecule is C=NC(=O)[C@@H](NC(=O)C(N)CCC(=O)O)C(C)C. The highest BCUT2D eigenvalue weighted by molar-refractivity contribution is 5.91. The van der Waals surface area contributed by atoms with E-state index in [2.05, 4.69) is 17.0 Å². The maximum atomic E-state index is 11.6. The molecule has 0 heterocycles. The van der Waals surface area contributed by atoms with Gasteiger partial charge in [-0.1, -0.05) is 13.8 Å². The first-order valence-corrected chi connectivity index (χ1v) is 5.58. The van der Waals surface area contributed by atoms with E-state index >= 15 is 0 Å². The number of carbonyl (C=O) groups excluding carboxylic acids is 2. The van der Waals surface area contributed by atoms with Crippen molar-refractivity contribution in [3.05, 3.63) is 0 Å². The minimum atomic E-state index is -1.03. The average Bonchev–Trinajstić information content (AvgIpc) is 2.30. The van der Waals surface area contributed by atoms with Gasteiger partial charge in [0.15, 0.2) is 0 Å². The minimum Gasteiger partial charge on any atom is -0.481 e. The fourth-order valence-corrected chi connectivity index (χ4v) is 1.28. The van der Waals surface area contributed by atoms with Crippen molar-refractivity contribution in [3.8, 4) is 0 Å². The van der Waals surface area contributed by atoms with Crippen molar-refractivity contribution in [1.82, 2.24) is 5.32 Å². The molecule has 4 N–H and O–H groups in total. The number of rotatable bonds is 7. The number of carbonyl (C=O) groups is 3. The molecule has 102 valence electrons. The molecule has 0 fully saturated rings. The molecule has 0 aromatic carbocycles. The molecule has 0 bridgehead atoms. The number of aliphatic imine (C=N–C) groups is 1. The van der Waals surface area contributed by atoms with Crippen LogP contribution in [0.25, 0.3) is 0 Å². The molecule has 0 radical (unpaired) electrons. The fourth-order valence-electron chi connectivity index (χ4n) is 1.28. The molecular weight excluding hydrogens is 238 g/mol. The molecule has 0 aliphatic carbocycles. The van der Waals surface area contributed by atoms with E-state index in [1.807, 2.05) is 0 Å². The molecule has 2 amide bonds. The monoisotopic (exact) mass is 257 g/mol. The van der Waals surface area contributed by atoms with Crippen molar-refractivity contribution >= 4 is 24.5 Å². The quantitative estimate of drug-likeness (QED) is 0.533. The second-order valence-corrected chi connectivity index (χ2v) is 4.27. The van der Waals surface area contributed by atoms with Crippen LogP contribution in [-0.2, 0) is 14.4 Å². The van der Waals surface area contributed by atoms with Crippen LogP contribution in [0.3, 0.4) is 0 Å². The summed E-state index contributed by atoms with van der Waals surface area (Å²) in [5, 5.41) is 10.9. The number of aliphatic carboxylic acids is 1. The standard InChI is InChI=1S/C11H19N3O4/c1-6(2)9(11(18)13-3)14-10(17)7(12)4-5-8(15)16/h6-7,9H,3-5,12H2,1-2H3,(H,14,17)(H,15,16)/t7?,9-/m0/s1. The summed E-state index contributed by atoms with van der Waals surface area (Å²) < 4.78 is 0.